The Hall–Kier alpha value is -1.99. The molecule has 122 valence electrons. The first-order chi connectivity index (χ1) is 11.7. The van der Waals surface area contributed by atoms with Crippen LogP contribution in [0.15, 0.2) is 46.4 Å². The van der Waals surface area contributed by atoms with Crippen molar-refractivity contribution < 1.29 is 0 Å². The molecule has 0 unspecified atom stereocenters. The fraction of sp³-hybridized carbons (Fsp3) is 0.294. The number of allylic oxidation sites excluding steroid dienone is 1. The van der Waals surface area contributed by atoms with E-state index in [1.807, 2.05) is 6.08 Å². The number of hydrogen-bond donors (Lipinski definition) is 0. The zero-order chi connectivity index (χ0) is 16.5. The van der Waals surface area contributed by atoms with Crippen LogP contribution in [0.4, 0.5) is 0 Å². The van der Waals surface area contributed by atoms with E-state index in [4.69, 9.17) is 0 Å². The van der Waals surface area contributed by atoms with Gasteiger partial charge in [-0.3, -0.25) is 4.57 Å². The van der Waals surface area contributed by atoms with E-state index in [1.165, 1.54) is 41.7 Å². The summed E-state index contributed by atoms with van der Waals surface area (Å²) in [6, 6.07) is 8.32. The van der Waals surface area contributed by atoms with Gasteiger partial charge in [0, 0.05) is 18.0 Å². The van der Waals surface area contributed by atoms with Crippen molar-refractivity contribution in [2.75, 3.05) is 0 Å². The molecule has 24 heavy (non-hydrogen) atoms. The predicted molar refractivity (Wildman–Crippen MR) is 96.4 cm³/mol. The minimum absolute atomic E-state index is 0.574. The molecule has 3 aromatic rings. The summed E-state index contributed by atoms with van der Waals surface area (Å²) >= 11 is 2.97. The highest BCUT2D eigenvalue weighted by Crippen LogP contribution is 2.40. The number of hydrogen-bond acceptors (Lipinski definition) is 6. The second-order valence-electron chi connectivity index (χ2n) is 5.87. The second-order valence-corrected chi connectivity index (χ2v) is 7.83. The van der Waals surface area contributed by atoms with Gasteiger partial charge in [0.1, 0.15) is 5.82 Å². The fourth-order valence-electron chi connectivity index (χ4n) is 2.42. The molecule has 4 rings (SSSR count). The SMILES string of the molecule is C=CCn1c(Sc2nc(C3CC3)ns2)nnc1-c1ccc(C)cc1. The highest BCUT2D eigenvalue weighted by Gasteiger charge is 2.28. The average molecular weight is 355 g/mol. The molecule has 1 aliphatic rings. The van der Waals surface area contributed by atoms with Crippen LogP contribution in [0.1, 0.15) is 30.1 Å². The van der Waals surface area contributed by atoms with Crippen molar-refractivity contribution in [3.63, 3.8) is 0 Å². The molecule has 0 bridgehead atoms. The lowest BCUT2D eigenvalue weighted by Crippen LogP contribution is -2.00. The Kier molecular flexibility index (Phi) is 4.20. The number of rotatable bonds is 6. The summed E-state index contributed by atoms with van der Waals surface area (Å²) in [6.07, 6.45) is 4.29. The molecule has 0 radical (unpaired) electrons. The summed E-state index contributed by atoms with van der Waals surface area (Å²) < 4.78 is 7.45. The number of aryl methyl sites for hydroxylation is 1. The highest BCUT2D eigenvalue weighted by atomic mass is 32.2. The Bertz CT molecular complexity index is 861. The van der Waals surface area contributed by atoms with Gasteiger partial charge in [0.05, 0.1) is 0 Å². The zero-order valence-corrected chi connectivity index (χ0v) is 15.0. The van der Waals surface area contributed by atoms with Gasteiger partial charge in [0.25, 0.3) is 0 Å². The van der Waals surface area contributed by atoms with E-state index in [0.717, 1.165) is 26.7 Å². The van der Waals surface area contributed by atoms with Gasteiger partial charge in [0.15, 0.2) is 15.3 Å². The second kappa shape index (κ2) is 6.49. The normalized spacial score (nSPS) is 14.0. The molecule has 0 amide bonds. The number of benzene rings is 1. The van der Waals surface area contributed by atoms with Gasteiger partial charge < -0.3 is 0 Å². The quantitative estimate of drug-likeness (QED) is 0.616. The Morgan fingerprint density at radius 3 is 2.79 bits per heavy atom. The first-order valence-corrected chi connectivity index (χ1v) is 9.46. The Balaban J connectivity index is 1.64. The van der Waals surface area contributed by atoms with Crippen LogP contribution in [0.5, 0.6) is 0 Å². The van der Waals surface area contributed by atoms with Crippen LogP contribution in [-0.2, 0) is 6.54 Å². The highest BCUT2D eigenvalue weighted by molar-refractivity contribution is 8.00. The smallest absolute Gasteiger partial charge is 0.198 e. The largest absolute Gasteiger partial charge is 0.298 e. The van der Waals surface area contributed by atoms with Crippen molar-refractivity contribution in [3.05, 3.63) is 48.3 Å². The molecule has 1 saturated carbocycles. The van der Waals surface area contributed by atoms with Gasteiger partial charge >= 0.3 is 0 Å². The third-order valence-electron chi connectivity index (χ3n) is 3.88. The molecule has 1 aromatic carbocycles. The van der Waals surface area contributed by atoms with Crippen LogP contribution < -0.4 is 0 Å². The third kappa shape index (κ3) is 3.14. The van der Waals surface area contributed by atoms with E-state index >= 15 is 0 Å². The summed E-state index contributed by atoms with van der Waals surface area (Å²) in [6.45, 7) is 6.59. The molecule has 2 aromatic heterocycles. The summed E-state index contributed by atoms with van der Waals surface area (Å²) in [5.41, 5.74) is 2.28. The molecule has 0 saturated heterocycles. The molecule has 5 nitrogen and oxygen atoms in total. The minimum Gasteiger partial charge on any atom is -0.298 e. The van der Waals surface area contributed by atoms with Crippen molar-refractivity contribution >= 4 is 23.3 Å². The molecule has 2 heterocycles. The lowest BCUT2D eigenvalue weighted by atomic mass is 10.1. The van der Waals surface area contributed by atoms with Crippen molar-refractivity contribution in [2.24, 2.45) is 0 Å². The number of nitrogens with zero attached hydrogens (tertiary/aromatic N) is 5. The molecule has 7 heteroatoms. The van der Waals surface area contributed by atoms with E-state index < -0.39 is 0 Å². The molecule has 1 aliphatic carbocycles. The van der Waals surface area contributed by atoms with Crippen molar-refractivity contribution in [2.45, 2.75) is 41.7 Å². The molecule has 1 fully saturated rings. The van der Waals surface area contributed by atoms with Gasteiger partial charge in [-0.05, 0) is 43.1 Å². The van der Waals surface area contributed by atoms with Gasteiger partial charge in [-0.25, -0.2) is 4.98 Å². The molecular formula is C17H17N5S2. The molecule has 0 atom stereocenters. The van der Waals surface area contributed by atoms with Gasteiger partial charge in [-0.2, -0.15) is 4.37 Å². The summed E-state index contributed by atoms with van der Waals surface area (Å²) in [5.74, 6) is 2.41. The van der Waals surface area contributed by atoms with Crippen LogP contribution in [0.3, 0.4) is 0 Å². The van der Waals surface area contributed by atoms with E-state index in [1.54, 1.807) is 0 Å². The van der Waals surface area contributed by atoms with E-state index in [2.05, 4.69) is 61.9 Å². The molecule has 0 aliphatic heterocycles. The van der Waals surface area contributed by atoms with E-state index in [-0.39, 0.29) is 0 Å². The molecule has 0 spiro atoms. The van der Waals surface area contributed by atoms with Gasteiger partial charge in [-0.1, -0.05) is 35.9 Å². The lowest BCUT2D eigenvalue weighted by Gasteiger charge is -2.06. The average Bonchev–Trinajstić information content (AvgIpc) is 3.22. The van der Waals surface area contributed by atoms with Gasteiger partial charge in [-0.15, -0.1) is 16.8 Å². The fourth-order valence-corrected chi connectivity index (χ4v) is 4.05. The Labute approximate surface area is 149 Å². The van der Waals surface area contributed by atoms with Crippen molar-refractivity contribution in [3.8, 4) is 11.4 Å². The third-order valence-corrected chi connectivity index (χ3v) is 5.63. The van der Waals surface area contributed by atoms with Crippen LogP contribution in [-0.4, -0.2) is 24.1 Å². The zero-order valence-electron chi connectivity index (χ0n) is 13.3. The predicted octanol–water partition coefficient (Wildman–Crippen LogP) is 4.32. The monoisotopic (exact) mass is 355 g/mol. The maximum Gasteiger partial charge on any atom is 0.198 e. The first kappa shape index (κ1) is 15.5. The molecule has 0 N–H and O–H groups in total. The van der Waals surface area contributed by atoms with Crippen LogP contribution in [0, 0.1) is 6.92 Å². The Morgan fingerprint density at radius 2 is 2.08 bits per heavy atom. The van der Waals surface area contributed by atoms with Crippen LogP contribution in [0.25, 0.3) is 11.4 Å². The summed E-state index contributed by atoms with van der Waals surface area (Å²) in [5, 5.41) is 9.57. The van der Waals surface area contributed by atoms with Crippen molar-refractivity contribution in [1.29, 1.82) is 0 Å². The van der Waals surface area contributed by atoms with Crippen molar-refractivity contribution in [1.82, 2.24) is 24.1 Å². The van der Waals surface area contributed by atoms with E-state index in [9.17, 15) is 0 Å². The summed E-state index contributed by atoms with van der Waals surface area (Å²) in [7, 11) is 0. The van der Waals surface area contributed by atoms with E-state index in [0.29, 0.717) is 12.5 Å². The minimum atomic E-state index is 0.574. The van der Waals surface area contributed by atoms with Crippen LogP contribution >= 0.6 is 23.3 Å². The number of aromatic nitrogens is 5. The maximum absolute atomic E-state index is 4.63. The van der Waals surface area contributed by atoms with Crippen LogP contribution in [0.2, 0.25) is 0 Å². The summed E-state index contributed by atoms with van der Waals surface area (Å²) in [4.78, 5) is 4.63. The Morgan fingerprint density at radius 1 is 1.29 bits per heavy atom. The molecular weight excluding hydrogens is 338 g/mol. The first-order valence-electron chi connectivity index (χ1n) is 7.87. The standard InChI is InChI=1S/C17H17N5S2/c1-3-10-22-15(13-6-4-11(2)5-7-13)19-20-16(22)23-17-18-14(21-24-17)12-8-9-12/h3-7,12H,1,8-10H2,2H3. The van der Waals surface area contributed by atoms with Gasteiger partial charge in [0.2, 0.25) is 0 Å². The maximum atomic E-state index is 4.63. The lowest BCUT2D eigenvalue weighted by molar-refractivity contribution is 0.731. The topological polar surface area (TPSA) is 56.5 Å².